The standard InChI is InChI=1S/C8H21OSi2/c1-8(2)6-7-10-9-11(3,4)5/h7-8H,6,10H2,1-5H3. The van der Waals surface area contributed by atoms with E-state index in [-0.39, 0.29) is 9.76 Å². The number of rotatable bonds is 5. The van der Waals surface area contributed by atoms with E-state index in [4.69, 9.17) is 4.12 Å². The molecule has 0 aromatic carbocycles. The molecule has 0 aliphatic heterocycles. The molecule has 0 aromatic heterocycles. The molecule has 0 fully saturated rings. The second-order valence-corrected chi connectivity index (χ2v) is 10.6. The van der Waals surface area contributed by atoms with Crippen molar-refractivity contribution in [3.63, 3.8) is 0 Å². The smallest absolute Gasteiger partial charge is 0.169 e. The Balaban J connectivity index is 3.15. The van der Waals surface area contributed by atoms with E-state index < -0.39 is 8.32 Å². The van der Waals surface area contributed by atoms with Crippen molar-refractivity contribution in [2.75, 3.05) is 0 Å². The molecule has 0 saturated carbocycles. The maximum Gasteiger partial charge on any atom is 0.169 e. The summed E-state index contributed by atoms with van der Waals surface area (Å²) in [4.78, 5) is 0. The van der Waals surface area contributed by atoms with E-state index in [1.54, 1.807) is 0 Å². The summed E-state index contributed by atoms with van der Waals surface area (Å²) in [6.07, 6.45) is 1.23. The molecule has 0 saturated heterocycles. The monoisotopic (exact) mass is 189 g/mol. The zero-order valence-electron chi connectivity index (χ0n) is 8.48. The average molecular weight is 189 g/mol. The minimum Gasteiger partial charge on any atom is -0.460 e. The first-order valence-corrected chi connectivity index (χ1v) is 9.17. The lowest BCUT2D eigenvalue weighted by Crippen LogP contribution is -2.27. The summed E-state index contributed by atoms with van der Waals surface area (Å²) in [5.41, 5.74) is 0. The fourth-order valence-electron chi connectivity index (χ4n) is 0.710. The Labute approximate surface area is 74.6 Å². The summed E-state index contributed by atoms with van der Waals surface area (Å²) in [5, 5.41) is 0. The van der Waals surface area contributed by atoms with Gasteiger partial charge in [-0.15, -0.1) is 0 Å². The third-order valence-electron chi connectivity index (χ3n) is 1.27. The Morgan fingerprint density at radius 2 is 1.91 bits per heavy atom. The van der Waals surface area contributed by atoms with E-state index in [1.165, 1.54) is 6.42 Å². The zero-order valence-corrected chi connectivity index (χ0v) is 10.9. The van der Waals surface area contributed by atoms with Crippen LogP contribution in [0.4, 0.5) is 0 Å². The van der Waals surface area contributed by atoms with Gasteiger partial charge in [-0.2, -0.15) is 0 Å². The van der Waals surface area contributed by atoms with Gasteiger partial charge in [0.1, 0.15) is 9.76 Å². The van der Waals surface area contributed by atoms with Crippen LogP contribution in [0.25, 0.3) is 0 Å². The van der Waals surface area contributed by atoms with Gasteiger partial charge in [0.15, 0.2) is 8.32 Å². The molecule has 0 aliphatic rings. The predicted molar refractivity (Wildman–Crippen MR) is 56.7 cm³/mol. The van der Waals surface area contributed by atoms with Crippen LogP contribution in [0.1, 0.15) is 20.3 Å². The number of hydrogen-bond donors (Lipinski definition) is 0. The molecule has 0 heterocycles. The Morgan fingerprint density at radius 1 is 1.36 bits per heavy atom. The fourth-order valence-corrected chi connectivity index (χ4v) is 3.98. The highest BCUT2D eigenvalue weighted by Crippen LogP contribution is 2.05. The molecule has 0 unspecified atom stereocenters. The van der Waals surface area contributed by atoms with Crippen LogP contribution in [0.2, 0.25) is 19.6 Å². The lowest BCUT2D eigenvalue weighted by molar-refractivity contribution is 0.587. The van der Waals surface area contributed by atoms with Crippen LogP contribution in [0, 0.1) is 12.0 Å². The van der Waals surface area contributed by atoms with Crippen molar-refractivity contribution >= 4 is 18.1 Å². The third kappa shape index (κ3) is 10.4. The van der Waals surface area contributed by atoms with Crippen LogP contribution in [0.3, 0.4) is 0 Å². The minimum atomic E-state index is -1.20. The summed E-state index contributed by atoms with van der Waals surface area (Å²) in [5.74, 6) is 0.799. The van der Waals surface area contributed by atoms with Crippen molar-refractivity contribution in [1.82, 2.24) is 0 Å². The average Bonchev–Trinajstić information content (AvgIpc) is 1.78. The van der Waals surface area contributed by atoms with Gasteiger partial charge in [0, 0.05) is 0 Å². The molecule has 0 atom stereocenters. The van der Waals surface area contributed by atoms with Crippen LogP contribution < -0.4 is 0 Å². The van der Waals surface area contributed by atoms with E-state index in [2.05, 4.69) is 39.5 Å². The largest absolute Gasteiger partial charge is 0.460 e. The molecular formula is C8H21OSi2. The van der Waals surface area contributed by atoms with Crippen LogP contribution in [-0.4, -0.2) is 18.1 Å². The van der Waals surface area contributed by atoms with Crippen molar-refractivity contribution < 1.29 is 4.12 Å². The molecule has 1 nitrogen and oxygen atoms in total. The fraction of sp³-hybridized carbons (Fsp3) is 0.875. The van der Waals surface area contributed by atoms with E-state index in [0.717, 1.165) is 5.92 Å². The molecular weight excluding hydrogens is 168 g/mol. The van der Waals surface area contributed by atoms with Gasteiger partial charge in [-0.25, -0.2) is 0 Å². The normalized spacial score (nSPS) is 13.6. The molecule has 0 amide bonds. The summed E-state index contributed by atoms with van der Waals surface area (Å²) >= 11 is 0. The molecule has 3 heteroatoms. The topological polar surface area (TPSA) is 9.23 Å². The van der Waals surface area contributed by atoms with E-state index >= 15 is 0 Å². The highest BCUT2D eigenvalue weighted by molar-refractivity contribution is 6.74. The van der Waals surface area contributed by atoms with Gasteiger partial charge >= 0.3 is 0 Å². The van der Waals surface area contributed by atoms with Gasteiger partial charge in [-0.1, -0.05) is 13.8 Å². The zero-order chi connectivity index (χ0) is 8.91. The van der Waals surface area contributed by atoms with Crippen molar-refractivity contribution in [2.45, 2.75) is 39.9 Å². The van der Waals surface area contributed by atoms with Crippen molar-refractivity contribution in [3.05, 3.63) is 6.04 Å². The molecule has 0 aromatic rings. The predicted octanol–water partition coefficient (Wildman–Crippen LogP) is 2.13. The molecule has 0 N–H and O–H groups in total. The second kappa shape index (κ2) is 5.11. The van der Waals surface area contributed by atoms with Crippen LogP contribution in [-0.2, 0) is 4.12 Å². The minimum absolute atomic E-state index is 0.299. The molecule has 0 aliphatic carbocycles. The first-order valence-electron chi connectivity index (χ1n) is 4.37. The first-order chi connectivity index (χ1) is 4.92. The SMILES string of the molecule is CC(C)C[CH][SiH2]O[Si](C)(C)C. The van der Waals surface area contributed by atoms with Gasteiger partial charge in [-0.05, 0) is 38.0 Å². The lowest BCUT2D eigenvalue weighted by Gasteiger charge is -2.17. The maximum atomic E-state index is 5.80. The molecule has 0 spiro atoms. The van der Waals surface area contributed by atoms with Gasteiger partial charge < -0.3 is 4.12 Å². The molecule has 1 radical (unpaired) electrons. The Morgan fingerprint density at radius 3 is 2.27 bits per heavy atom. The Kier molecular flexibility index (Phi) is 5.30. The van der Waals surface area contributed by atoms with Crippen molar-refractivity contribution in [3.8, 4) is 0 Å². The van der Waals surface area contributed by atoms with E-state index in [1.807, 2.05) is 0 Å². The van der Waals surface area contributed by atoms with Gasteiger partial charge in [0.2, 0.25) is 0 Å². The molecule has 0 bridgehead atoms. The summed E-state index contributed by atoms with van der Waals surface area (Å²) in [6, 6.07) is 2.38. The van der Waals surface area contributed by atoms with Crippen molar-refractivity contribution in [2.24, 2.45) is 5.92 Å². The second-order valence-electron chi connectivity index (χ2n) is 4.34. The van der Waals surface area contributed by atoms with E-state index in [9.17, 15) is 0 Å². The van der Waals surface area contributed by atoms with Crippen LogP contribution in [0.5, 0.6) is 0 Å². The Bertz CT molecular complexity index is 96.8. The summed E-state index contributed by atoms with van der Waals surface area (Å²) in [6.45, 7) is 11.3. The Hall–Kier alpha value is 0.394. The lowest BCUT2D eigenvalue weighted by atomic mass is 10.2. The van der Waals surface area contributed by atoms with Gasteiger partial charge in [-0.3, -0.25) is 0 Å². The maximum absolute atomic E-state index is 5.80. The van der Waals surface area contributed by atoms with Gasteiger partial charge in [0.05, 0.1) is 0 Å². The molecule has 11 heavy (non-hydrogen) atoms. The van der Waals surface area contributed by atoms with Gasteiger partial charge in [0.25, 0.3) is 0 Å². The first kappa shape index (κ1) is 11.4. The summed E-state index contributed by atoms with van der Waals surface area (Å²) in [7, 11) is -1.50. The third-order valence-corrected chi connectivity index (χ3v) is 5.97. The number of hydrogen-bond acceptors (Lipinski definition) is 1. The highest BCUT2D eigenvalue weighted by atomic mass is 28.4. The van der Waals surface area contributed by atoms with Crippen molar-refractivity contribution in [1.29, 1.82) is 0 Å². The highest BCUT2D eigenvalue weighted by Gasteiger charge is 2.12. The summed E-state index contributed by atoms with van der Waals surface area (Å²) < 4.78 is 5.80. The van der Waals surface area contributed by atoms with Crippen LogP contribution in [0.15, 0.2) is 0 Å². The molecule has 0 rings (SSSR count). The molecule has 67 valence electrons. The quantitative estimate of drug-likeness (QED) is 0.475. The van der Waals surface area contributed by atoms with Crippen LogP contribution >= 0.6 is 0 Å². The van der Waals surface area contributed by atoms with E-state index in [0.29, 0.717) is 0 Å².